The van der Waals surface area contributed by atoms with Crippen molar-refractivity contribution in [2.45, 2.75) is 97.3 Å². The van der Waals surface area contributed by atoms with Gasteiger partial charge in [0.2, 0.25) is 11.8 Å². The Morgan fingerprint density at radius 2 is 1.42 bits per heavy atom. The molecule has 0 aliphatic carbocycles. The second-order valence-corrected chi connectivity index (χ2v) is 8.54. The van der Waals surface area contributed by atoms with Crippen molar-refractivity contribution in [1.82, 2.24) is 10.6 Å². The minimum atomic E-state index is -0.445. The van der Waals surface area contributed by atoms with Crippen molar-refractivity contribution >= 4 is 11.8 Å². The van der Waals surface area contributed by atoms with Crippen LogP contribution in [-0.4, -0.2) is 24.9 Å². The fourth-order valence-electron chi connectivity index (χ4n) is 5.08. The molecule has 0 aromatic rings. The van der Waals surface area contributed by atoms with Crippen LogP contribution in [-0.2, 0) is 9.59 Å². The first-order valence-corrected chi connectivity index (χ1v) is 11.2. The van der Waals surface area contributed by atoms with Crippen LogP contribution in [0.15, 0.2) is 0 Å². The van der Waals surface area contributed by atoms with E-state index in [9.17, 15) is 9.59 Å². The highest BCUT2D eigenvalue weighted by Crippen LogP contribution is 2.48. The van der Waals surface area contributed by atoms with Gasteiger partial charge < -0.3 is 5.32 Å². The van der Waals surface area contributed by atoms with Gasteiger partial charge in [-0.25, -0.2) is 0 Å². The predicted octanol–water partition coefficient (Wildman–Crippen LogP) is 4.58. The highest BCUT2D eigenvalue weighted by Gasteiger charge is 2.56. The predicted molar refractivity (Wildman–Crippen MR) is 107 cm³/mol. The van der Waals surface area contributed by atoms with Gasteiger partial charge in [-0.1, -0.05) is 78.1 Å². The fourth-order valence-corrected chi connectivity index (χ4v) is 5.08. The number of amides is 2. The van der Waals surface area contributed by atoms with Gasteiger partial charge in [-0.2, -0.15) is 0 Å². The first-order chi connectivity index (χ1) is 12.6. The zero-order chi connectivity index (χ0) is 18.8. The Morgan fingerprint density at radius 3 is 1.92 bits per heavy atom. The molecule has 0 bridgehead atoms. The molecule has 2 aliphatic rings. The van der Waals surface area contributed by atoms with Gasteiger partial charge in [0.05, 0.1) is 11.3 Å². The third-order valence-electron chi connectivity index (χ3n) is 6.84. The summed E-state index contributed by atoms with van der Waals surface area (Å²) in [6.07, 6.45) is 15.9. The zero-order valence-corrected chi connectivity index (χ0v) is 17.1. The molecular weight excluding hydrogens is 324 g/mol. The number of piperidine rings is 1. The number of nitrogens with one attached hydrogen (secondary N) is 2. The lowest BCUT2D eigenvalue weighted by molar-refractivity contribution is -0.133. The monoisotopic (exact) mass is 364 g/mol. The molecule has 2 saturated heterocycles. The number of carbonyl (C=O) groups is 2. The van der Waals surface area contributed by atoms with E-state index in [1.165, 1.54) is 57.8 Å². The summed E-state index contributed by atoms with van der Waals surface area (Å²) < 4.78 is 0. The smallest absolute Gasteiger partial charge is 0.233 e. The summed E-state index contributed by atoms with van der Waals surface area (Å²) in [6.45, 7) is 6.17. The van der Waals surface area contributed by atoms with Crippen LogP contribution >= 0.6 is 0 Å². The van der Waals surface area contributed by atoms with Crippen molar-refractivity contribution in [2.24, 2.45) is 17.3 Å². The van der Waals surface area contributed by atoms with Crippen LogP contribution in [0, 0.1) is 17.3 Å². The maximum atomic E-state index is 12.8. The summed E-state index contributed by atoms with van der Waals surface area (Å²) in [5, 5.41) is 6.03. The molecule has 0 spiro atoms. The number of hydrogen-bond donors (Lipinski definition) is 2. The lowest BCUT2D eigenvalue weighted by atomic mass is 9.62. The molecule has 0 radical (unpaired) electrons. The van der Waals surface area contributed by atoms with Crippen molar-refractivity contribution in [2.75, 3.05) is 13.1 Å². The summed E-state index contributed by atoms with van der Waals surface area (Å²) in [5.74, 6) is 0.138. The van der Waals surface area contributed by atoms with E-state index in [0.717, 1.165) is 38.8 Å². The first kappa shape index (κ1) is 21.4. The average molecular weight is 365 g/mol. The van der Waals surface area contributed by atoms with Crippen molar-refractivity contribution in [3.05, 3.63) is 0 Å². The van der Waals surface area contributed by atoms with Crippen LogP contribution in [0.5, 0.6) is 0 Å². The van der Waals surface area contributed by atoms with Crippen LogP contribution in [0.4, 0.5) is 0 Å². The van der Waals surface area contributed by atoms with Crippen LogP contribution in [0.1, 0.15) is 97.3 Å². The molecule has 2 rings (SSSR count). The first-order valence-electron chi connectivity index (χ1n) is 11.2. The summed E-state index contributed by atoms with van der Waals surface area (Å²) >= 11 is 0. The second-order valence-electron chi connectivity index (χ2n) is 8.54. The average Bonchev–Trinajstić information content (AvgIpc) is 2.87. The van der Waals surface area contributed by atoms with Crippen molar-refractivity contribution in [3.63, 3.8) is 0 Å². The molecule has 4 heteroatoms. The van der Waals surface area contributed by atoms with E-state index in [1.54, 1.807) is 0 Å². The molecule has 0 aromatic carbocycles. The fraction of sp³-hybridized carbons (Fsp3) is 0.909. The number of carbonyl (C=O) groups excluding carboxylic acids is 2. The standard InChI is InChI=1S/C22H40N2O2/c1-3-4-5-6-7-8-9-10-11-12-15-22(19-13-16-23-17-14-19)18(2)20(25)24-21(22)26/h18-19,23H,3-17H2,1-2H3,(H,24,25,26). The molecule has 4 nitrogen and oxygen atoms in total. The minimum absolute atomic E-state index is 0.0119. The van der Waals surface area contributed by atoms with Crippen LogP contribution in [0.2, 0.25) is 0 Å². The zero-order valence-electron chi connectivity index (χ0n) is 17.1. The molecule has 2 amide bonds. The van der Waals surface area contributed by atoms with Crippen molar-refractivity contribution < 1.29 is 9.59 Å². The molecule has 2 N–H and O–H groups in total. The van der Waals surface area contributed by atoms with E-state index in [0.29, 0.717) is 5.92 Å². The van der Waals surface area contributed by atoms with Crippen molar-refractivity contribution in [3.8, 4) is 0 Å². The van der Waals surface area contributed by atoms with Gasteiger partial charge in [0.1, 0.15) is 0 Å². The Balaban J connectivity index is 1.74. The van der Waals surface area contributed by atoms with Crippen molar-refractivity contribution in [1.29, 1.82) is 0 Å². The van der Waals surface area contributed by atoms with E-state index >= 15 is 0 Å². The summed E-state index contributed by atoms with van der Waals surface area (Å²) in [7, 11) is 0. The Labute approximate surface area is 160 Å². The van der Waals surface area contributed by atoms with Gasteiger partial charge in [0.15, 0.2) is 0 Å². The molecule has 2 aliphatic heterocycles. The summed E-state index contributed by atoms with van der Waals surface area (Å²) in [4.78, 5) is 24.9. The Morgan fingerprint density at radius 1 is 0.885 bits per heavy atom. The van der Waals surface area contributed by atoms with E-state index in [4.69, 9.17) is 0 Å². The Hall–Kier alpha value is -0.900. The van der Waals surface area contributed by atoms with Gasteiger partial charge in [0.25, 0.3) is 0 Å². The highest BCUT2D eigenvalue weighted by molar-refractivity contribution is 6.07. The van der Waals surface area contributed by atoms with Gasteiger partial charge in [-0.15, -0.1) is 0 Å². The topological polar surface area (TPSA) is 58.2 Å². The van der Waals surface area contributed by atoms with E-state index in [-0.39, 0.29) is 17.7 Å². The quantitative estimate of drug-likeness (QED) is 0.394. The summed E-state index contributed by atoms with van der Waals surface area (Å²) in [6, 6.07) is 0. The molecule has 2 unspecified atom stereocenters. The molecule has 2 atom stereocenters. The van der Waals surface area contributed by atoms with Gasteiger partial charge in [-0.3, -0.25) is 14.9 Å². The van der Waals surface area contributed by atoms with Crippen LogP contribution in [0.25, 0.3) is 0 Å². The molecule has 150 valence electrons. The number of imide groups is 1. The molecule has 26 heavy (non-hydrogen) atoms. The molecule has 2 heterocycles. The third-order valence-corrected chi connectivity index (χ3v) is 6.84. The van der Waals surface area contributed by atoms with Crippen LogP contribution in [0.3, 0.4) is 0 Å². The molecule has 2 fully saturated rings. The third kappa shape index (κ3) is 5.31. The number of rotatable bonds is 12. The maximum absolute atomic E-state index is 12.8. The normalized spacial score (nSPS) is 27.1. The summed E-state index contributed by atoms with van der Waals surface area (Å²) in [5.41, 5.74) is -0.445. The van der Waals surface area contributed by atoms with Gasteiger partial charge in [0, 0.05) is 0 Å². The lowest BCUT2D eigenvalue weighted by Crippen LogP contribution is -2.46. The van der Waals surface area contributed by atoms with Gasteiger partial charge in [-0.05, 0) is 38.3 Å². The largest absolute Gasteiger partial charge is 0.317 e. The van der Waals surface area contributed by atoms with E-state index < -0.39 is 5.41 Å². The second kappa shape index (κ2) is 11.1. The lowest BCUT2D eigenvalue weighted by Gasteiger charge is -2.40. The minimum Gasteiger partial charge on any atom is -0.317 e. The van der Waals surface area contributed by atoms with Gasteiger partial charge >= 0.3 is 0 Å². The number of hydrogen-bond acceptors (Lipinski definition) is 3. The molecular formula is C22H40N2O2. The maximum Gasteiger partial charge on any atom is 0.233 e. The van der Waals surface area contributed by atoms with Crippen LogP contribution < -0.4 is 10.6 Å². The number of unbranched alkanes of at least 4 members (excludes halogenated alkanes) is 9. The molecule has 0 aromatic heterocycles. The SMILES string of the molecule is CCCCCCCCCCCCC1(C2CCNCC2)C(=O)NC(=O)C1C. The van der Waals surface area contributed by atoms with E-state index in [1.807, 2.05) is 6.92 Å². The molecule has 0 saturated carbocycles. The van der Waals surface area contributed by atoms with E-state index in [2.05, 4.69) is 17.6 Å². The highest BCUT2D eigenvalue weighted by atomic mass is 16.2. The Kier molecular flexibility index (Phi) is 9.10. The Bertz CT molecular complexity index is 445.